The number of aromatic nitrogens is 4. The van der Waals surface area contributed by atoms with Gasteiger partial charge in [0, 0.05) is 41.9 Å². The van der Waals surface area contributed by atoms with Crippen LogP contribution < -0.4 is 15.5 Å². The molecular formula is C22H24BrN7O2. The Labute approximate surface area is 194 Å². The number of carbonyl (C=O) groups is 2. The lowest BCUT2D eigenvalue weighted by Gasteiger charge is -2.17. The van der Waals surface area contributed by atoms with Crippen LogP contribution in [0.4, 0.5) is 11.5 Å². The van der Waals surface area contributed by atoms with Crippen molar-refractivity contribution in [1.82, 2.24) is 25.3 Å². The molecule has 0 saturated carbocycles. The molecule has 1 saturated heterocycles. The van der Waals surface area contributed by atoms with E-state index in [1.807, 2.05) is 56.3 Å². The fraction of sp³-hybridized carbons (Fsp3) is 0.318. The molecule has 10 heteroatoms. The summed E-state index contributed by atoms with van der Waals surface area (Å²) in [5, 5.41) is 18.8. The number of carbonyl (C=O) groups excluding carboxylic acids is 2. The number of nitrogens with one attached hydrogen (secondary N) is 2. The van der Waals surface area contributed by atoms with Gasteiger partial charge >= 0.3 is 0 Å². The van der Waals surface area contributed by atoms with Crippen LogP contribution in [0.15, 0.2) is 46.9 Å². The molecule has 0 radical (unpaired) electrons. The maximum atomic E-state index is 12.5. The zero-order valence-electron chi connectivity index (χ0n) is 17.9. The Morgan fingerprint density at radius 1 is 1.16 bits per heavy atom. The van der Waals surface area contributed by atoms with Gasteiger partial charge in [-0.25, -0.2) is 4.68 Å². The highest BCUT2D eigenvalue weighted by Crippen LogP contribution is 2.27. The largest absolute Gasteiger partial charge is 0.367 e. The molecule has 1 aliphatic rings. The fourth-order valence-corrected chi connectivity index (χ4v) is 4.08. The van der Waals surface area contributed by atoms with Gasteiger partial charge in [0.05, 0.1) is 11.6 Å². The summed E-state index contributed by atoms with van der Waals surface area (Å²) in [6, 6.07) is 13.2. The molecule has 2 aromatic heterocycles. The summed E-state index contributed by atoms with van der Waals surface area (Å²) in [7, 11) is 0. The van der Waals surface area contributed by atoms with Gasteiger partial charge in [-0.3, -0.25) is 9.59 Å². The minimum atomic E-state index is -0.360. The highest BCUT2D eigenvalue weighted by atomic mass is 79.9. The van der Waals surface area contributed by atoms with Crippen LogP contribution >= 0.6 is 15.9 Å². The van der Waals surface area contributed by atoms with E-state index in [0.717, 1.165) is 21.5 Å². The van der Waals surface area contributed by atoms with E-state index in [4.69, 9.17) is 0 Å². The van der Waals surface area contributed by atoms with Gasteiger partial charge in [-0.05, 0) is 50.2 Å². The lowest BCUT2D eigenvalue weighted by atomic mass is 10.1. The predicted molar refractivity (Wildman–Crippen MR) is 125 cm³/mol. The Hall–Kier alpha value is -3.27. The second-order valence-corrected chi connectivity index (χ2v) is 8.63. The van der Waals surface area contributed by atoms with Crippen LogP contribution in [0.25, 0.3) is 5.82 Å². The van der Waals surface area contributed by atoms with Gasteiger partial charge in [-0.2, -0.15) is 5.10 Å². The fourth-order valence-electron chi connectivity index (χ4n) is 3.69. The zero-order valence-corrected chi connectivity index (χ0v) is 19.5. The first-order valence-electron chi connectivity index (χ1n) is 10.4. The molecule has 0 aliphatic carbocycles. The van der Waals surface area contributed by atoms with Crippen LogP contribution in [0.3, 0.4) is 0 Å². The molecule has 1 fully saturated rings. The van der Waals surface area contributed by atoms with Crippen molar-refractivity contribution in [2.75, 3.05) is 29.9 Å². The smallest absolute Gasteiger partial charge is 0.227 e. The van der Waals surface area contributed by atoms with Crippen molar-refractivity contribution in [3.63, 3.8) is 0 Å². The Kier molecular flexibility index (Phi) is 6.50. The molecule has 3 aromatic rings. The van der Waals surface area contributed by atoms with Crippen molar-refractivity contribution in [3.05, 3.63) is 58.3 Å². The SMILES string of the molecule is Cc1cc(C)n(-c2ccc(NCCNC(=O)C3CC(=O)N(c4cccc(Br)c4)C3)nn2)n1. The van der Waals surface area contributed by atoms with Crippen LogP contribution in [-0.2, 0) is 9.59 Å². The molecule has 1 atom stereocenters. The second kappa shape index (κ2) is 9.47. The van der Waals surface area contributed by atoms with Crippen LogP contribution in [-0.4, -0.2) is 51.4 Å². The normalized spacial score (nSPS) is 15.8. The molecule has 2 N–H and O–H groups in total. The molecule has 0 spiro atoms. The highest BCUT2D eigenvalue weighted by molar-refractivity contribution is 9.10. The lowest BCUT2D eigenvalue weighted by molar-refractivity contribution is -0.126. The quantitative estimate of drug-likeness (QED) is 0.486. The van der Waals surface area contributed by atoms with Crippen LogP contribution in [0, 0.1) is 19.8 Å². The summed E-state index contributed by atoms with van der Waals surface area (Å²) < 4.78 is 2.64. The molecule has 9 nitrogen and oxygen atoms in total. The molecule has 1 aliphatic heterocycles. The van der Waals surface area contributed by atoms with Crippen LogP contribution in [0.1, 0.15) is 17.8 Å². The monoisotopic (exact) mass is 497 g/mol. The molecule has 32 heavy (non-hydrogen) atoms. The van der Waals surface area contributed by atoms with Gasteiger partial charge in [0.15, 0.2) is 5.82 Å². The van der Waals surface area contributed by atoms with Crippen molar-refractivity contribution < 1.29 is 9.59 Å². The van der Waals surface area contributed by atoms with Gasteiger partial charge in [0.25, 0.3) is 0 Å². The number of rotatable bonds is 7. The first kappa shape index (κ1) is 21.9. The Balaban J connectivity index is 1.24. The average Bonchev–Trinajstić information content (AvgIpc) is 3.33. The summed E-state index contributed by atoms with van der Waals surface area (Å²) in [6.07, 6.45) is 0.213. The Bertz CT molecular complexity index is 1130. The third-order valence-corrected chi connectivity index (χ3v) is 5.72. The van der Waals surface area contributed by atoms with Crippen LogP contribution in [0.2, 0.25) is 0 Å². The van der Waals surface area contributed by atoms with E-state index in [-0.39, 0.29) is 24.2 Å². The predicted octanol–water partition coefficient (Wildman–Crippen LogP) is 2.62. The van der Waals surface area contributed by atoms with E-state index in [1.165, 1.54) is 0 Å². The van der Waals surface area contributed by atoms with Gasteiger partial charge in [0.2, 0.25) is 11.8 Å². The maximum Gasteiger partial charge on any atom is 0.227 e. The van der Waals surface area contributed by atoms with E-state index in [0.29, 0.717) is 31.3 Å². The van der Waals surface area contributed by atoms with Gasteiger partial charge < -0.3 is 15.5 Å². The molecule has 0 bridgehead atoms. The summed E-state index contributed by atoms with van der Waals surface area (Å²) in [4.78, 5) is 26.5. The molecule has 4 rings (SSSR count). The molecule has 3 heterocycles. The average molecular weight is 498 g/mol. The summed E-state index contributed by atoms with van der Waals surface area (Å²) >= 11 is 3.42. The molecule has 166 valence electrons. The number of hydrogen-bond donors (Lipinski definition) is 2. The van der Waals surface area contributed by atoms with Crippen molar-refractivity contribution in [2.24, 2.45) is 5.92 Å². The molecule has 1 aromatic carbocycles. The lowest BCUT2D eigenvalue weighted by Crippen LogP contribution is -2.35. The Morgan fingerprint density at radius 3 is 2.69 bits per heavy atom. The third-order valence-electron chi connectivity index (χ3n) is 5.22. The first-order valence-corrected chi connectivity index (χ1v) is 11.1. The number of anilines is 2. The van der Waals surface area contributed by atoms with E-state index in [9.17, 15) is 9.59 Å². The van der Waals surface area contributed by atoms with E-state index >= 15 is 0 Å². The van der Waals surface area contributed by atoms with Crippen molar-refractivity contribution in [1.29, 1.82) is 0 Å². The molecular weight excluding hydrogens is 474 g/mol. The molecule has 1 unspecified atom stereocenters. The van der Waals surface area contributed by atoms with E-state index < -0.39 is 0 Å². The van der Waals surface area contributed by atoms with Gasteiger partial charge in [-0.1, -0.05) is 22.0 Å². The minimum absolute atomic E-state index is 0.0423. The minimum Gasteiger partial charge on any atom is -0.367 e. The topological polar surface area (TPSA) is 105 Å². The summed E-state index contributed by atoms with van der Waals surface area (Å²) in [5.41, 5.74) is 2.71. The van der Waals surface area contributed by atoms with Crippen molar-refractivity contribution in [3.8, 4) is 5.82 Å². The number of amides is 2. The zero-order chi connectivity index (χ0) is 22.7. The molecule has 2 amide bonds. The number of nitrogens with zero attached hydrogens (tertiary/aromatic N) is 5. The number of halogens is 1. The highest BCUT2D eigenvalue weighted by Gasteiger charge is 2.34. The maximum absolute atomic E-state index is 12.5. The summed E-state index contributed by atoms with van der Waals surface area (Å²) in [5.74, 6) is 0.737. The number of benzene rings is 1. The number of aryl methyl sites for hydroxylation is 2. The number of hydrogen-bond acceptors (Lipinski definition) is 6. The van der Waals surface area contributed by atoms with Crippen molar-refractivity contribution >= 4 is 39.2 Å². The third kappa shape index (κ3) is 4.96. The Morgan fingerprint density at radius 2 is 2.00 bits per heavy atom. The standard InChI is InChI=1S/C22H24BrN7O2/c1-14-10-15(2)30(28-14)20-7-6-19(26-27-20)24-8-9-25-22(32)16-11-21(31)29(13-16)18-5-3-4-17(23)12-18/h3-7,10,12,16H,8-9,11,13H2,1-2H3,(H,24,26)(H,25,32). The van der Waals surface area contributed by atoms with E-state index in [2.05, 4.69) is 41.9 Å². The van der Waals surface area contributed by atoms with E-state index in [1.54, 1.807) is 9.58 Å². The summed E-state index contributed by atoms with van der Waals surface area (Å²) in [6.45, 7) is 5.19. The van der Waals surface area contributed by atoms with Crippen LogP contribution in [0.5, 0.6) is 0 Å². The second-order valence-electron chi connectivity index (χ2n) is 7.72. The first-order chi connectivity index (χ1) is 15.4. The van der Waals surface area contributed by atoms with Gasteiger partial charge in [0.1, 0.15) is 5.82 Å². The van der Waals surface area contributed by atoms with Gasteiger partial charge in [-0.15, -0.1) is 10.2 Å². The van der Waals surface area contributed by atoms with Crippen molar-refractivity contribution in [2.45, 2.75) is 20.3 Å².